The first-order valence-corrected chi connectivity index (χ1v) is 9.16. The number of methoxy groups -OCH3 is 2. The van der Waals surface area contributed by atoms with Crippen LogP contribution in [0.5, 0.6) is 11.5 Å². The van der Waals surface area contributed by atoms with Crippen molar-refractivity contribution in [1.29, 1.82) is 0 Å². The molecular formula is C21H23N3O4. The molecule has 1 saturated heterocycles. The number of carbonyl (C=O) groups excluding carboxylic acids is 2. The number of carbonyl (C=O) groups is 2. The minimum atomic E-state index is -0.652. The average molecular weight is 381 g/mol. The second kappa shape index (κ2) is 6.74. The van der Waals surface area contributed by atoms with E-state index in [1.807, 2.05) is 24.3 Å². The van der Waals surface area contributed by atoms with Crippen LogP contribution in [0.2, 0.25) is 0 Å². The lowest BCUT2D eigenvalue weighted by atomic mass is 9.81. The van der Waals surface area contributed by atoms with Crippen molar-refractivity contribution in [3.05, 3.63) is 48.0 Å². The number of nitrogens with zero attached hydrogens (tertiary/aromatic N) is 2. The van der Waals surface area contributed by atoms with Gasteiger partial charge in [0.1, 0.15) is 0 Å². The number of nitrogens with one attached hydrogen (secondary N) is 1. The molecule has 4 rings (SSSR count). The third-order valence-corrected chi connectivity index (χ3v) is 5.69. The van der Waals surface area contributed by atoms with E-state index in [4.69, 9.17) is 9.47 Å². The van der Waals surface area contributed by atoms with Crippen LogP contribution in [-0.4, -0.2) is 51.2 Å². The molecule has 0 aliphatic carbocycles. The Balaban J connectivity index is 1.54. The maximum Gasteiger partial charge on any atom is 0.321 e. The molecule has 146 valence electrons. The zero-order valence-electron chi connectivity index (χ0n) is 16.2. The van der Waals surface area contributed by atoms with E-state index in [1.54, 1.807) is 49.3 Å². The smallest absolute Gasteiger partial charge is 0.321 e. The Morgan fingerprint density at radius 3 is 2.61 bits per heavy atom. The van der Waals surface area contributed by atoms with Crippen LogP contribution in [0.3, 0.4) is 0 Å². The van der Waals surface area contributed by atoms with Crippen molar-refractivity contribution in [2.24, 2.45) is 0 Å². The molecule has 2 aliphatic heterocycles. The van der Waals surface area contributed by atoms with Gasteiger partial charge in [0.05, 0.1) is 19.6 Å². The average Bonchev–Trinajstić information content (AvgIpc) is 3.26. The first kappa shape index (κ1) is 18.2. The summed E-state index contributed by atoms with van der Waals surface area (Å²) in [5.41, 5.74) is 1.89. The molecule has 1 spiro atoms. The first-order chi connectivity index (χ1) is 13.5. The number of likely N-dealkylation sites (tertiary alicyclic amines) is 1. The van der Waals surface area contributed by atoms with Gasteiger partial charge in [0.25, 0.3) is 0 Å². The number of hydrogen-bond acceptors (Lipinski definition) is 4. The van der Waals surface area contributed by atoms with Crippen LogP contribution in [0.25, 0.3) is 0 Å². The van der Waals surface area contributed by atoms with Crippen molar-refractivity contribution in [1.82, 2.24) is 4.90 Å². The number of para-hydroxylation sites is 1. The van der Waals surface area contributed by atoms with Crippen LogP contribution in [-0.2, 0) is 10.2 Å². The van der Waals surface area contributed by atoms with Crippen LogP contribution in [0.1, 0.15) is 12.0 Å². The molecule has 1 N–H and O–H groups in total. The SMILES string of the molecule is COc1ccc(NC(=O)N2CC[C@]3(C2)C(=O)N(C)c2ccccc23)cc1OC. The minimum absolute atomic E-state index is 0.0510. The summed E-state index contributed by atoms with van der Waals surface area (Å²) in [5, 5.41) is 2.89. The Kier molecular flexibility index (Phi) is 4.37. The predicted octanol–water partition coefficient (Wildman–Crippen LogP) is 2.86. The number of rotatable bonds is 3. The summed E-state index contributed by atoms with van der Waals surface area (Å²) >= 11 is 0. The maximum atomic E-state index is 13.0. The van der Waals surface area contributed by atoms with Crippen LogP contribution in [0.4, 0.5) is 16.2 Å². The molecule has 0 bridgehead atoms. The van der Waals surface area contributed by atoms with Crippen molar-refractivity contribution in [3.8, 4) is 11.5 Å². The van der Waals surface area contributed by atoms with Gasteiger partial charge in [-0.25, -0.2) is 4.79 Å². The summed E-state index contributed by atoms with van der Waals surface area (Å²) in [6.45, 7) is 0.888. The Hall–Kier alpha value is -3.22. The van der Waals surface area contributed by atoms with Crippen LogP contribution >= 0.6 is 0 Å². The van der Waals surface area contributed by atoms with Crippen molar-refractivity contribution in [3.63, 3.8) is 0 Å². The first-order valence-electron chi connectivity index (χ1n) is 9.16. The summed E-state index contributed by atoms with van der Waals surface area (Å²) in [6, 6.07) is 12.8. The standard InChI is InChI=1S/C21H23N3O4/c1-23-16-7-5-4-6-15(16)21(19(23)25)10-11-24(13-21)20(26)22-14-8-9-17(27-2)18(12-14)28-3/h4-9,12H,10-11,13H2,1-3H3,(H,22,26)/t21-/m1/s1. The lowest BCUT2D eigenvalue weighted by molar-refractivity contribution is -0.122. The van der Waals surface area contributed by atoms with Crippen molar-refractivity contribution < 1.29 is 19.1 Å². The van der Waals surface area contributed by atoms with E-state index in [2.05, 4.69) is 5.32 Å². The quantitative estimate of drug-likeness (QED) is 0.888. The summed E-state index contributed by atoms with van der Waals surface area (Å²) in [6.07, 6.45) is 0.618. The zero-order chi connectivity index (χ0) is 19.9. The lowest BCUT2D eigenvalue weighted by Gasteiger charge is -2.23. The van der Waals surface area contributed by atoms with Crippen molar-refractivity contribution in [2.45, 2.75) is 11.8 Å². The number of amides is 3. The van der Waals surface area contributed by atoms with Gasteiger partial charge in [-0.05, 0) is 30.2 Å². The monoisotopic (exact) mass is 381 g/mol. The van der Waals surface area contributed by atoms with E-state index in [9.17, 15) is 9.59 Å². The summed E-state index contributed by atoms with van der Waals surface area (Å²) in [7, 11) is 4.91. The molecule has 1 atom stereocenters. The van der Waals surface area contributed by atoms with Gasteiger partial charge in [-0.3, -0.25) is 4.79 Å². The van der Waals surface area contributed by atoms with E-state index in [0.717, 1.165) is 11.3 Å². The molecule has 0 unspecified atom stereocenters. The van der Waals surface area contributed by atoms with Crippen molar-refractivity contribution in [2.75, 3.05) is 44.6 Å². The number of urea groups is 1. The number of anilines is 2. The molecule has 2 aromatic carbocycles. The van der Waals surface area contributed by atoms with E-state index in [1.165, 1.54) is 0 Å². The molecule has 2 aromatic rings. The highest BCUT2D eigenvalue weighted by Gasteiger charge is 2.54. The van der Waals surface area contributed by atoms with E-state index in [0.29, 0.717) is 36.7 Å². The maximum absolute atomic E-state index is 13.0. The molecule has 28 heavy (non-hydrogen) atoms. The third kappa shape index (κ3) is 2.66. The third-order valence-electron chi connectivity index (χ3n) is 5.69. The molecule has 2 heterocycles. The molecular weight excluding hydrogens is 358 g/mol. The Morgan fingerprint density at radius 2 is 1.86 bits per heavy atom. The van der Waals surface area contributed by atoms with Gasteiger partial charge >= 0.3 is 6.03 Å². The number of ether oxygens (including phenoxy) is 2. The van der Waals surface area contributed by atoms with E-state index < -0.39 is 5.41 Å². The normalized spacial score (nSPS) is 20.5. The Labute approximate surface area is 163 Å². The molecule has 0 aromatic heterocycles. The van der Waals surface area contributed by atoms with Gasteiger partial charge in [0.2, 0.25) is 5.91 Å². The molecule has 2 aliphatic rings. The summed E-state index contributed by atoms with van der Waals surface area (Å²) in [5.74, 6) is 1.19. The fraction of sp³-hybridized carbons (Fsp3) is 0.333. The minimum Gasteiger partial charge on any atom is -0.493 e. The molecule has 0 saturated carbocycles. The number of likely N-dealkylation sites (N-methyl/N-ethyl adjacent to an activating group) is 1. The molecule has 1 fully saturated rings. The number of fused-ring (bicyclic) bond motifs is 2. The number of benzene rings is 2. The van der Waals surface area contributed by atoms with Crippen LogP contribution in [0, 0.1) is 0 Å². The highest BCUT2D eigenvalue weighted by atomic mass is 16.5. The molecule has 3 amide bonds. The largest absolute Gasteiger partial charge is 0.493 e. The van der Waals surface area contributed by atoms with Gasteiger partial charge in [-0.2, -0.15) is 0 Å². The van der Waals surface area contributed by atoms with Gasteiger partial charge in [-0.15, -0.1) is 0 Å². The van der Waals surface area contributed by atoms with Gasteiger partial charge < -0.3 is 24.6 Å². The van der Waals surface area contributed by atoms with Gasteiger partial charge in [0, 0.05) is 37.6 Å². The molecule has 0 radical (unpaired) electrons. The van der Waals surface area contributed by atoms with Gasteiger partial charge in [0.15, 0.2) is 11.5 Å². The highest BCUT2D eigenvalue weighted by Crippen LogP contribution is 2.46. The fourth-order valence-electron chi connectivity index (χ4n) is 4.21. The fourth-order valence-corrected chi connectivity index (χ4v) is 4.21. The second-order valence-corrected chi connectivity index (χ2v) is 7.13. The molecule has 7 heteroatoms. The Bertz CT molecular complexity index is 945. The number of hydrogen-bond donors (Lipinski definition) is 1. The summed E-state index contributed by atoms with van der Waals surface area (Å²) < 4.78 is 10.5. The van der Waals surface area contributed by atoms with E-state index in [-0.39, 0.29) is 11.9 Å². The zero-order valence-corrected chi connectivity index (χ0v) is 16.2. The second-order valence-electron chi connectivity index (χ2n) is 7.13. The molecule has 7 nitrogen and oxygen atoms in total. The van der Waals surface area contributed by atoms with Crippen LogP contribution < -0.4 is 19.7 Å². The topological polar surface area (TPSA) is 71.1 Å². The van der Waals surface area contributed by atoms with Crippen molar-refractivity contribution >= 4 is 23.3 Å². The van der Waals surface area contributed by atoms with E-state index >= 15 is 0 Å². The van der Waals surface area contributed by atoms with Crippen LogP contribution in [0.15, 0.2) is 42.5 Å². The predicted molar refractivity (Wildman–Crippen MR) is 106 cm³/mol. The van der Waals surface area contributed by atoms with Gasteiger partial charge in [-0.1, -0.05) is 18.2 Å². The highest BCUT2D eigenvalue weighted by molar-refractivity contribution is 6.08. The summed E-state index contributed by atoms with van der Waals surface area (Å²) in [4.78, 5) is 29.2. The Morgan fingerprint density at radius 1 is 1.11 bits per heavy atom. The lowest BCUT2D eigenvalue weighted by Crippen LogP contribution is -2.42.